The van der Waals surface area contributed by atoms with Crippen molar-refractivity contribution in [2.24, 2.45) is 0 Å². The number of hydrogen-bond donors (Lipinski definition) is 2. The first kappa shape index (κ1) is 18.4. The molecule has 0 atom stereocenters. The summed E-state index contributed by atoms with van der Waals surface area (Å²) in [7, 11) is 0. The lowest BCUT2D eigenvalue weighted by molar-refractivity contribution is -0.125. The fraction of sp³-hybridized carbons (Fsp3) is 0.650. The third-order valence-corrected chi connectivity index (χ3v) is 5.49. The zero-order chi connectivity index (χ0) is 17.5. The Balaban J connectivity index is 1.29. The minimum absolute atomic E-state index is 0.00730. The van der Waals surface area contributed by atoms with E-state index in [9.17, 15) is 9.90 Å². The first-order valence-electron chi connectivity index (χ1n) is 9.61. The van der Waals surface area contributed by atoms with Gasteiger partial charge in [0.25, 0.3) is 0 Å². The molecule has 5 heteroatoms. The zero-order valence-electron chi connectivity index (χ0n) is 15.1. The molecule has 0 spiro atoms. The van der Waals surface area contributed by atoms with Gasteiger partial charge in [-0.3, -0.25) is 14.6 Å². The van der Waals surface area contributed by atoms with Crippen LogP contribution in [0, 0.1) is 0 Å². The summed E-state index contributed by atoms with van der Waals surface area (Å²) in [4.78, 5) is 16.9. The predicted molar refractivity (Wildman–Crippen MR) is 99.2 cm³/mol. The molecule has 0 aromatic heterocycles. The Hall–Kier alpha value is -1.43. The van der Waals surface area contributed by atoms with E-state index in [0.29, 0.717) is 6.54 Å². The molecule has 1 saturated heterocycles. The monoisotopic (exact) mass is 345 g/mol. The smallest absolute Gasteiger partial charge is 0.222 e. The highest BCUT2D eigenvalue weighted by atomic mass is 16.3. The van der Waals surface area contributed by atoms with Crippen LogP contribution in [-0.4, -0.2) is 65.7 Å². The van der Waals surface area contributed by atoms with Crippen molar-refractivity contribution in [2.45, 2.75) is 44.2 Å². The topological polar surface area (TPSA) is 55.8 Å². The molecule has 2 N–H and O–H groups in total. The molecule has 1 aliphatic carbocycles. The van der Waals surface area contributed by atoms with Crippen molar-refractivity contribution in [3.05, 3.63) is 35.9 Å². The molecular weight excluding hydrogens is 314 g/mol. The van der Waals surface area contributed by atoms with Crippen molar-refractivity contribution < 1.29 is 9.90 Å². The van der Waals surface area contributed by atoms with E-state index in [2.05, 4.69) is 45.4 Å². The lowest BCUT2D eigenvalue weighted by Crippen LogP contribution is -2.48. The van der Waals surface area contributed by atoms with Crippen LogP contribution in [0.4, 0.5) is 0 Å². The van der Waals surface area contributed by atoms with Crippen LogP contribution in [0.25, 0.3) is 0 Å². The minimum Gasteiger partial charge on any atom is -0.389 e. The Kier molecular flexibility index (Phi) is 6.45. The summed E-state index contributed by atoms with van der Waals surface area (Å²) in [5, 5.41) is 13.3. The van der Waals surface area contributed by atoms with Gasteiger partial charge in [0.2, 0.25) is 5.91 Å². The molecule has 1 aromatic rings. The third kappa shape index (κ3) is 5.80. The summed E-state index contributed by atoms with van der Waals surface area (Å²) in [5.74, 6) is -0.00730. The van der Waals surface area contributed by atoms with Gasteiger partial charge in [-0.1, -0.05) is 43.2 Å². The average molecular weight is 345 g/mol. The predicted octanol–water partition coefficient (Wildman–Crippen LogP) is 1.62. The quantitative estimate of drug-likeness (QED) is 0.788. The molecule has 1 aliphatic heterocycles. The van der Waals surface area contributed by atoms with Gasteiger partial charge in [0.15, 0.2) is 0 Å². The molecule has 1 aromatic carbocycles. The van der Waals surface area contributed by atoms with Crippen molar-refractivity contribution in [1.82, 2.24) is 15.1 Å². The fourth-order valence-corrected chi connectivity index (χ4v) is 3.94. The minimum atomic E-state index is -0.743. The highest BCUT2D eigenvalue weighted by molar-refractivity contribution is 5.77. The lowest BCUT2D eigenvalue weighted by Gasteiger charge is -2.34. The maximum atomic E-state index is 12.0. The molecule has 0 bridgehead atoms. The van der Waals surface area contributed by atoms with Crippen LogP contribution in [0.1, 0.15) is 37.7 Å². The Labute approximate surface area is 151 Å². The van der Waals surface area contributed by atoms with Crippen molar-refractivity contribution >= 4 is 5.91 Å². The Morgan fingerprint density at radius 2 is 1.68 bits per heavy atom. The fourth-order valence-electron chi connectivity index (χ4n) is 3.94. The Morgan fingerprint density at radius 3 is 2.36 bits per heavy atom. The Morgan fingerprint density at radius 1 is 1.04 bits per heavy atom. The van der Waals surface area contributed by atoms with Gasteiger partial charge in [-0.25, -0.2) is 0 Å². The van der Waals surface area contributed by atoms with E-state index in [1.807, 2.05) is 0 Å². The number of carbonyl (C=O) groups is 1. The van der Waals surface area contributed by atoms with E-state index >= 15 is 0 Å². The number of benzene rings is 1. The molecule has 1 heterocycles. The summed E-state index contributed by atoms with van der Waals surface area (Å²) in [6.45, 7) is 6.82. The van der Waals surface area contributed by atoms with Gasteiger partial charge in [0.05, 0.1) is 12.0 Å². The molecule has 25 heavy (non-hydrogen) atoms. The maximum Gasteiger partial charge on any atom is 0.222 e. The van der Waals surface area contributed by atoms with Crippen LogP contribution in [0.2, 0.25) is 0 Å². The second-order valence-corrected chi connectivity index (χ2v) is 7.56. The zero-order valence-corrected chi connectivity index (χ0v) is 15.1. The molecule has 2 fully saturated rings. The van der Waals surface area contributed by atoms with E-state index < -0.39 is 5.60 Å². The van der Waals surface area contributed by atoms with Crippen LogP contribution >= 0.6 is 0 Å². The molecule has 0 unspecified atom stereocenters. The third-order valence-electron chi connectivity index (χ3n) is 5.49. The first-order valence-corrected chi connectivity index (χ1v) is 9.61. The number of nitrogens with one attached hydrogen (secondary N) is 1. The summed E-state index contributed by atoms with van der Waals surface area (Å²) in [6, 6.07) is 10.6. The highest BCUT2D eigenvalue weighted by Crippen LogP contribution is 2.32. The van der Waals surface area contributed by atoms with Crippen LogP contribution in [0.3, 0.4) is 0 Å². The van der Waals surface area contributed by atoms with Gasteiger partial charge >= 0.3 is 0 Å². The maximum absolute atomic E-state index is 12.0. The van der Waals surface area contributed by atoms with Gasteiger partial charge < -0.3 is 10.4 Å². The molecule has 1 saturated carbocycles. The van der Waals surface area contributed by atoms with Crippen LogP contribution < -0.4 is 5.32 Å². The van der Waals surface area contributed by atoms with Gasteiger partial charge in [-0.05, 0) is 18.4 Å². The molecule has 1 amide bonds. The van der Waals surface area contributed by atoms with E-state index in [-0.39, 0.29) is 12.3 Å². The first-order chi connectivity index (χ1) is 12.1. The second-order valence-electron chi connectivity index (χ2n) is 7.56. The summed E-state index contributed by atoms with van der Waals surface area (Å²) in [5.41, 5.74) is 0.626. The number of carbonyl (C=O) groups excluding carboxylic acids is 1. The van der Waals surface area contributed by atoms with Crippen LogP contribution in [0.5, 0.6) is 0 Å². The normalized spacial score (nSPS) is 21.3. The van der Waals surface area contributed by atoms with Crippen molar-refractivity contribution in [1.29, 1.82) is 0 Å². The number of rotatable bonds is 7. The van der Waals surface area contributed by atoms with Crippen LogP contribution in [-0.2, 0) is 11.3 Å². The number of hydrogen-bond acceptors (Lipinski definition) is 4. The molecule has 3 rings (SSSR count). The van der Waals surface area contributed by atoms with E-state index in [1.54, 1.807) is 0 Å². The standard InChI is InChI=1S/C20H31N3O2/c24-19(16-20(25)8-4-5-9-20)21-10-11-22-12-14-23(15-13-22)17-18-6-2-1-3-7-18/h1-3,6-7,25H,4-5,8-17H2,(H,21,24). The number of piperazine rings is 1. The molecule has 5 nitrogen and oxygen atoms in total. The summed E-state index contributed by atoms with van der Waals surface area (Å²) >= 11 is 0. The van der Waals surface area contributed by atoms with Gasteiger partial charge in [0.1, 0.15) is 0 Å². The summed E-state index contributed by atoms with van der Waals surface area (Å²) in [6.07, 6.45) is 3.87. The van der Waals surface area contributed by atoms with Crippen molar-refractivity contribution in [3.8, 4) is 0 Å². The van der Waals surface area contributed by atoms with Gasteiger partial charge in [-0.2, -0.15) is 0 Å². The van der Waals surface area contributed by atoms with E-state index in [0.717, 1.165) is 65.0 Å². The van der Waals surface area contributed by atoms with Gasteiger partial charge in [0, 0.05) is 45.8 Å². The second kappa shape index (κ2) is 8.79. The van der Waals surface area contributed by atoms with Crippen molar-refractivity contribution in [2.75, 3.05) is 39.3 Å². The average Bonchev–Trinajstić information content (AvgIpc) is 3.03. The molecular formula is C20H31N3O2. The Bertz CT molecular complexity index is 535. The number of nitrogens with zero attached hydrogens (tertiary/aromatic N) is 2. The highest BCUT2D eigenvalue weighted by Gasteiger charge is 2.33. The molecule has 0 radical (unpaired) electrons. The van der Waals surface area contributed by atoms with Crippen LogP contribution in [0.15, 0.2) is 30.3 Å². The lowest BCUT2D eigenvalue weighted by atomic mass is 9.98. The largest absolute Gasteiger partial charge is 0.389 e. The molecule has 2 aliphatic rings. The SMILES string of the molecule is O=C(CC1(O)CCCC1)NCCN1CCN(Cc2ccccc2)CC1. The summed E-state index contributed by atoms with van der Waals surface area (Å²) < 4.78 is 0. The van der Waals surface area contributed by atoms with Crippen molar-refractivity contribution in [3.63, 3.8) is 0 Å². The number of amides is 1. The van der Waals surface area contributed by atoms with Gasteiger partial charge in [-0.15, -0.1) is 0 Å². The number of aliphatic hydroxyl groups is 1. The van der Waals surface area contributed by atoms with E-state index in [1.165, 1.54) is 5.56 Å². The molecule has 138 valence electrons. The van der Waals surface area contributed by atoms with E-state index in [4.69, 9.17) is 0 Å².